The van der Waals surface area contributed by atoms with E-state index in [0.29, 0.717) is 12.6 Å². The molecule has 1 rings (SSSR count). The summed E-state index contributed by atoms with van der Waals surface area (Å²) in [5.41, 5.74) is 0.855. The Morgan fingerprint density at radius 1 is 1.47 bits per heavy atom. The van der Waals surface area contributed by atoms with Crippen molar-refractivity contribution < 1.29 is 8.42 Å². The summed E-state index contributed by atoms with van der Waals surface area (Å²) in [6.45, 7) is 4.71. The lowest BCUT2D eigenvalue weighted by atomic mass is 10.4. The molecule has 0 atom stereocenters. The van der Waals surface area contributed by atoms with Gasteiger partial charge in [-0.15, -0.1) is 0 Å². The third-order valence-electron chi connectivity index (χ3n) is 2.18. The van der Waals surface area contributed by atoms with E-state index in [1.807, 2.05) is 13.8 Å². The lowest BCUT2D eigenvalue weighted by Crippen LogP contribution is -2.34. The molecule has 0 bridgehead atoms. The van der Waals surface area contributed by atoms with Gasteiger partial charge in [0, 0.05) is 37.9 Å². The van der Waals surface area contributed by atoms with Crippen molar-refractivity contribution in [1.82, 2.24) is 19.8 Å². The first kappa shape index (κ1) is 14.1. The lowest BCUT2D eigenvalue weighted by molar-refractivity contribution is 0.566. The van der Waals surface area contributed by atoms with Crippen LogP contribution in [0.15, 0.2) is 12.4 Å². The molecule has 0 unspecified atom stereocenters. The molecule has 6 nitrogen and oxygen atoms in total. The monoisotopic (exact) mass is 260 g/mol. The minimum atomic E-state index is -3.22. The fourth-order valence-electron chi connectivity index (χ4n) is 1.31. The molecule has 0 aliphatic carbocycles. The van der Waals surface area contributed by atoms with Crippen molar-refractivity contribution >= 4 is 10.0 Å². The lowest BCUT2D eigenvalue weighted by Gasteiger charge is -2.09. The Hall–Kier alpha value is -0.920. The third kappa shape index (κ3) is 5.81. The average molecular weight is 260 g/mol. The highest BCUT2D eigenvalue weighted by molar-refractivity contribution is 7.89. The number of nitrogens with zero attached hydrogens (tertiary/aromatic N) is 2. The van der Waals surface area contributed by atoms with Gasteiger partial charge in [0.05, 0.1) is 11.9 Å². The van der Waals surface area contributed by atoms with E-state index in [-0.39, 0.29) is 12.3 Å². The van der Waals surface area contributed by atoms with Crippen molar-refractivity contribution in [2.24, 2.45) is 7.05 Å². The van der Waals surface area contributed by atoms with Crippen LogP contribution in [0.1, 0.15) is 19.4 Å². The molecule has 0 radical (unpaired) electrons. The summed E-state index contributed by atoms with van der Waals surface area (Å²) in [5, 5.41) is 7.04. The quantitative estimate of drug-likeness (QED) is 0.714. The van der Waals surface area contributed by atoms with Crippen LogP contribution >= 0.6 is 0 Å². The number of nitrogens with one attached hydrogen (secondary N) is 2. The van der Waals surface area contributed by atoms with Gasteiger partial charge in [0.25, 0.3) is 0 Å². The van der Waals surface area contributed by atoms with E-state index >= 15 is 0 Å². The maximum Gasteiger partial charge on any atom is 0.213 e. The van der Waals surface area contributed by atoms with Crippen LogP contribution in [-0.2, 0) is 23.6 Å². The summed E-state index contributed by atoms with van der Waals surface area (Å²) in [5.74, 6) is 0.0887. The van der Waals surface area contributed by atoms with Gasteiger partial charge < -0.3 is 5.32 Å². The highest BCUT2D eigenvalue weighted by Crippen LogP contribution is 1.96. The van der Waals surface area contributed by atoms with Crippen molar-refractivity contribution in [2.75, 3.05) is 12.3 Å². The fourth-order valence-corrected chi connectivity index (χ4v) is 2.23. The van der Waals surface area contributed by atoms with Crippen LogP contribution in [0.3, 0.4) is 0 Å². The average Bonchev–Trinajstić information content (AvgIpc) is 2.61. The Balaban J connectivity index is 2.34. The van der Waals surface area contributed by atoms with E-state index in [1.54, 1.807) is 24.1 Å². The minimum Gasteiger partial charge on any atom is -0.313 e. The molecule has 17 heavy (non-hydrogen) atoms. The maximum atomic E-state index is 11.6. The molecule has 7 heteroatoms. The molecule has 1 aromatic rings. The first-order valence-corrected chi connectivity index (χ1v) is 7.22. The summed E-state index contributed by atoms with van der Waals surface area (Å²) < 4.78 is 27.4. The van der Waals surface area contributed by atoms with Gasteiger partial charge in [0.2, 0.25) is 10.0 Å². The zero-order valence-corrected chi connectivity index (χ0v) is 11.3. The topological polar surface area (TPSA) is 76.0 Å². The van der Waals surface area contributed by atoms with Crippen LogP contribution < -0.4 is 10.0 Å². The molecule has 0 spiro atoms. The maximum absolute atomic E-state index is 11.6. The smallest absolute Gasteiger partial charge is 0.213 e. The summed E-state index contributed by atoms with van der Waals surface area (Å²) in [6.07, 6.45) is 3.43. The van der Waals surface area contributed by atoms with Crippen molar-refractivity contribution in [3.05, 3.63) is 18.0 Å². The Kier molecular flexibility index (Phi) is 5.10. The van der Waals surface area contributed by atoms with Gasteiger partial charge in [-0.25, -0.2) is 13.1 Å². The third-order valence-corrected chi connectivity index (χ3v) is 3.50. The van der Waals surface area contributed by atoms with Crippen LogP contribution in [0.25, 0.3) is 0 Å². The van der Waals surface area contributed by atoms with Crippen LogP contribution in [-0.4, -0.2) is 36.5 Å². The number of rotatable bonds is 7. The molecule has 0 aliphatic heterocycles. The number of hydrogen-bond donors (Lipinski definition) is 2. The summed E-state index contributed by atoms with van der Waals surface area (Å²) in [6, 6.07) is 0.295. The molecule has 0 aliphatic rings. The van der Waals surface area contributed by atoms with E-state index < -0.39 is 10.0 Å². The van der Waals surface area contributed by atoms with Crippen LogP contribution in [0, 0.1) is 0 Å². The highest BCUT2D eigenvalue weighted by atomic mass is 32.2. The molecule has 0 amide bonds. The highest BCUT2D eigenvalue weighted by Gasteiger charge is 2.10. The zero-order chi connectivity index (χ0) is 12.9. The number of aryl methyl sites for hydroxylation is 1. The van der Waals surface area contributed by atoms with E-state index in [4.69, 9.17) is 0 Å². The van der Waals surface area contributed by atoms with Gasteiger partial charge in [-0.1, -0.05) is 13.8 Å². The van der Waals surface area contributed by atoms with E-state index in [1.165, 1.54) is 0 Å². The number of sulfonamides is 1. The fraction of sp³-hybridized carbons (Fsp3) is 0.700. The van der Waals surface area contributed by atoms with Gasteiger partial charge >= 0.3 is 0 Å². The van der Waals surface area contributed by atoms with Crippen LogP contribution in [0.5, 0.6) is 0 Å². The first-order chi connectivity index (χ1) is 7.89. The van der Waals surface area contributed by atoms with E-state index in [9.17, 15) is 8.42 Å². The zero-order valence-electron chi connectivity index (χ0n) is 10.5. The molecule has 0 saturated heterocycles. The minimum absolute atomic E-state index is 0.0887. The number of aromatic nitrogens is 2. The molecule has 0 saturated carbocycles. The van der Waals surface area contributed by atoms with Crippen molar-refractivity contribution in [2.45, 2.75) is 26.4 Å². The van der Waals surface area contributed by atoms with Gasteiger partial charge in [-0.05, 0) is 0 Å². The summed E-state index contributed by atoms with van der Waals surface area (Å²) in [4.78, 5) is 0. The Bertz CT molecular complexity index is 439. The molecule has 2 N–H and O–H groups in total. The predicted octanol–water partition coefficient (Wildman–Crippen LogP) is -0.162. The first-order valence-electron chi connectivity index (χ1n) is 5.57. The standard InChI is InChI=1S/C10H20N4O2S/c1-9(2)11-4-5-17(15,16)13-7-10-6-12-14(3)8-10/h6,8-9,11,13H,4-5,7H2,1-3H3. The Morgan fingerprint density at radius 3 is 2.71 bits per heavy atom. The van der Waals surface area contributed by atoms with Crippen molar-refractivity contribution in [3.8, 4) is 0 Å². The van der Waals surface area contributed by atoms with Gasteiger partial charge in [-0.2, -0.15) is 5.10 Å². The second-order valence-electron chi connectivity index (χ2n) is 4.27. The largest absolute Gasteiger partial charge is 0.313 e. The second kappa shape index (κ2) is 6.13. The number of hydrogen-bond acceptors (Lipinski definition) is 4. The van der Waals surface area contributed by atoms with Crippen molar-refractivity contribution in [1.29, 1.82) is 0 Å². The van der Waals surface area contributed by atoms with E-state index in [2.05, 4.69) is 15.1 Å². The van der Waals surface area contributed by atoms with Gasteiger partial charge in [0.1, 0.15) is 0 Å². The molecular weight excluding hydrogens is 240 g/mol. The molecule has 0 aromatic carbocycles. The van der Waals surface area contributed by atoms with Gasteiger partial charge in [0.15, 0.2) is 0 Å². The molecule has 1 heterocycles. The van der Waals surface area contributed by atoms with Gasteiger partial charge in [-0.3, -0.25) is 4.68 Å². The molecule has 98 valence electrons. The van der Waals surface area contributed by atoms with E-state index in [0.717, 1.165) is 5.56 Å². The van der Waals surface area contributed by atoms with Crippen LogP contribution in [0.2, 0.25) is 0 Å². The molecular formula is C10H20N4O2S. The normalized spacial score (nSPS) is 12.2. The molecule has 1 aromatic heterocycles. The Labute approximate surface area is 102 Å². The predicted molar refractivity (Wildman–Crippen MR) is 67.0 cm³/mol. The second-order valence-corrected chi connectivity index (χ2v) is 6.20. The SMILES string of the molecule is CC(C)NCCS(=O)(=O)NCc1cnn(C)c1. The van der Waals surface area contributed by atoms with Crippen LogP contribution in [0.4, 0.5) is 0 Å². The Morgan fingerprint density at radius 2 is 2.18 bits per heavy atom. The summed E-state index contributed by atoms with van der Waals surface area (Å²) in [7, 11) is -1.42. The van der Waals surface area contributed by atoms with Crippen molar-refractivity contribution in [3.63, 3.8) is 0 Å². The molecule has 0 fully saturated rings. The summed E-state index contributed by atoms with van der Waals surface area (Å²) >= 11 is 0.